The zero-order valence-electron chi connectivity index (χ0n) is 9.64. The lowest BCUT2D eigenvalue weighted by Gasteiger charge is -2.00. The summed E-state index contributed by atoms with van der Waals surface area (Å²) in [7, 11) is 0. The fourth-order valence-corrected chi connectivity index (χ4v) is 3.07. The summed E-state index contributed by atoms with van der Waals surface area (Å²) in [6.45, 7) is 0. The minimum absolute atomic E-state index is 0.0950. The lowest BCUT2D eigenvalue weighted by atomic mass is 10.3. The van der Waals surface area contributed by atoms with Crippen LogP contribution < -0.4 is 0 Å². The van der Waals surface area contributed by atoms with Crippen molar-refractivity contribution >= 4 is 34.8 Å². The molecular weight excluding hydrogens is 302 g/mol. The van der Waals surface area contributed by atoms with E-state index in [1.807, 2.05) is 0 Å². The van der Waals surface area contributed by atoms with E-state index in [4.69, 9.17) is 10.4 Å². The summed E-state index contributed by atoms with van der Waals surface area (Å²) >= 11 is 2.01. The van der Waals surface area contributed by atoms with Gasteiger partial charge in [0.2, 0.25) is 0 Å². The molecule has 7 nitrogen and oxygen atoms in total. The summed E-state index contributed by atoms with van der Waals surface area (Å²) in [4.78, 5) is 25.7. The van der Waals surface area contributed by atoms with Gasteiger partial charge in [0.15, 0.2) is 5.03 Å². The van der Waals surface area contributed by atoms with Gasteiger partial charge in [0.25, 0.3) is 0 Å². The largest absolute Gasteiger partial charge is 0.477 e. The Labute approximate surface area is 120 Å². The number of thiophene rings is 1. The van der Waals surface area contributed by atoms with E-state index in [0.29, 0.717) is 4.90 Å². The lowest BCUT2D eigenvalue weighted by molar-refractivity contribution is -0.388. The minimum atomic E-state index is -1.05. The Morgan fingerprint density at radius 3 is 2.85 bits per heavy atom. The van der Waals surface area contributed by atoms with Gasteiger partial charge in [0.05, 0.1) is 10.5 Å². The maximum Gasteiger partial charge on any atom is 0.345 e. The number of rotatable bonds is 4. The molecule has 2 aromatic rings. The number of carboxylic acid groups (broad SMARTS) is 1. The molecular formula is C11H5N3O4S2. The van der Waals surface area contributed by atoms with Gasteiger partial charge >= 0.3 is 11.7 Å². The second-order valence-electron chi connectivity index (χ2n) is 3.47. The smallest absolute Gasteiger partial charge is 0.345 e. The van der Waals surface area contributed by atoms with E-state index in [-0.39, 0.29) is 21.2 Å². The maximum atomic E-state index is 10.9. The molecule has 2 heterocycles. The molecule has 100 valence electrons. The number of nitro groups is 1. The highest BCUT2D eigenvalue weighted by Crippen LogP contribution is 2.35. The molecule has 0 bridgehead atoms. The molecule has 0 aliphatic carbocycles. The molecule has 0 aliphatic heterocycles. The third-order valence-electron chi connectivity index (χ3n) is 2.16. The summed E-state index contributed by atoms with van der Waals surface area (Å²) in [5, 5.41) is 30.2. The monoisotopic (exact) mass is 307 g/mol. The van der Waals surface area contributed by atoms with Crippen molar-refractivity contribution in [3.05, 3.63) is 44.3 Å². The summed E-state index contributed by atoms with van der Waals surface area (Å²) in [6, 6.07) is 4.34. The van der Waals surface area contributed by atoms with Gasteiger partial charge in [-0.1, -0.05) is 11.8 Å². The summed E-state index contributed by atoms with van der Waals surface area (Å²) in [5.41, 5.74) is -0.185. The number of carboxylic acids is 1. The molecule has 0 aromatic carbocycles. The fraction of sp³-hybridized carbons (Fsp3) is 0. The van der Waals surface area contributed by atoms with Crippen LogP contribution in [0.15, 0.2) is 33.6 Å². The Balaban J connectivity index is 2.35. The highest BCUT2D eigenvalue weighted by Gasteiger charge is 2.18. The highest BCUT2D eigenvalue weighted by atomic mass is 32.2. The van der Waals surface area contributed by atoms with Gasteiger partial charge in [-0.2, -0.15) is 5.26 Å². The van der Waals surface area contributed by atoms with Gasteiger partial charge < -0.3 is 5.11 Å². The van der Waals surface area contributed by atoms with Crippen LogP contribution in [0.25, 0.3) is 0 Å². The SMILES string of the molecule is N#Cc1cnc(Sc2csc(C(=O)O)c2)c([N+](=O)[O-])c1. The second-order valence-corrected chi connectivity index (χ2v) is 5.44. The highest BCUT2D eigenvalue weighted by molar-refractivity contribution is 7.99. The molecule has 0 amide bonds. The molecule has 0 unspecified atom stereocenters. The van der Waals surface area contributed by atoms with Crippen molar-refractivity contribution in [3.63, 3.8) is 0 Å². The third kappa shape index (κ3) is 2.93. The first kappa shape index (κ1) is 14.0. The van der Waals surface area contributed by atoms with Crippen molar-refractivity contribution in [1.82, 2.24) is 4.98 Å². The van der Waals surface area contributed by atoms with Gasteiger partial charge in [0.1, 0.15) is 10.9 Å². The molecule has 0 aliphatic rings. The van der Waals surface area contributed by atoms with E-state index >= 15 is 0 Å². The molecule has 20 heavy (non-hydrogen) atoms. The quantitative estimate of drug-likeness (QED) is 0.681. The molecule has 0 atom stereocenters. The van der Waals surface area contributed by atoms with E-state index < -0.39 is 10.9 Å². The molecule has 2 aromatic heterocycles. The van der Waals surface area contributed by atoms with Crippen LogP contribution >= 0.6 is 23.1 Å². The molecule has 9 heteroatoms. The van der Waals surface area contributed by atoms with E-state index in [9.17, 15) is 14.9 Å². The zero-order valence-corrected chi connectivity index (χ0v) is 11.3. The molecule has 2 rings (SSSR count). The Morgan fingerprint density at radius 2 is 2.30 bits per heavy atom. The first-order valence-electron chi connectivity index (χ1n) is 5.05. The zero-order chi connectivity index (χ0) is 14.7. The van der Waals surface area contributed by atoms with E-state index in [1.165, 1.54) is 12.3 Å². The molecule has 0 spiro atoms. The van der Waals surface area contributed by atoms with Crippen molar-refractivity contribution in [2.24, 2.45) is 0 Å². The Kier molecular flexibility index (Phi) is 3.97. The average molecular weight is 307 g/mol. The van der Waals surface area contributed by atoms with E-state index in [0.717, 1.165) is 29.2 Å². The Hall–Kier alpha value is -2.44. The van der Waals surface area contributed by atoms with Crippen molar-refractivity contribution < 1.29 is 14.8 Å². The van der Waals surface area contributed by atoms with Crippen molar-refractivity contribution in [1.29, 1.82) is 5.26 Å². The van der Waals surface area contributed by atoms with Gasteiger partial charge in [-0.05, 0) is 6.07 Å². The van der Waals surface area contributed by atoms with Crippen LogP contribution in [0.2, 0.25) is 0 Å². The summed E-state index contributed by atoms with van der Waals surface area (Å²) < 4.78 is 0. The van der Waals surface area contributed by atoms with Crippen LogP contribution in [0.4, 0.5) is 5.69 Å². The van der Waals surface area contributed by atoms with Crippen LogP contribution in [0.5, 0.6) is 0 Å². The molecule has 0 fully saturated rings. The van der Waals surface area contributed by atoms with Crippen LogP contribution in [0, 0.1) is 21.4 Å². The average Bonchev–Trinajstić information content (AvgIpc) is 2.87. The number of hydrogen-bond acceptors (Lipinski definition) is 7. The molecule has 1 N–H and O–H groups in total. The van der Waals surface area contributed by atoms with Gasteiger partial charge in [-0.3, -0.25) is 10.1 Å². The Bertz CT molecular complexity index is 736. The van der Waals surface area contributed by atoms with Gasteiger partial charge in [0, 0.05) is 22.5 Å². The summed E-state index contributed by atoms with van der Waals surface area (Å²) in [5.74, 6) is -1.05. The molecule has 0 radical (unpaired) electrons. The number of aromatic carboxylic acids is 1. The molecule has 0 saturated carbocycles. The van der Waals surface area contributed by atoms with Crippen LogP contribution in [-0.4, -0.2) is 21.0 Å². The number of nitrogens with zero attached hydrogens (tertiary/aromatic N) is 3. The molecule has 0 saturated heterocycles. The lowest BCUT2D eigenvalue weighted by Crippen LogP contribution is -1.94. The fourth-order valence-electron chi connectivity index (χ4n) is 1.31. The van der Waals surface area contributed by atoms with E-state index in [2.05, 4.69) is 4.98 Å². The number of carbonyl (C=O) groups is 1. The van der Waals surface area contributed by atoms with Crippen LogP contribution in [0.3, 0.4) is 0 Å². The third-order valence-corrected chi connectivity index (χ3v) is 4.21. The standard InChI is InChI=1S/C11H5N3O4S2/c12-3-6-1-8(14(17)18)10(13-4-6)20-7-2-9(11(15)16)19-5-7/h1-2,4-5H,(H,15,16). The predicted molar refractivity (Wildman–Crippen MR) is 71.0 cm³/mol. The van der Waals surface area contributed by atoms with Crippen molar-refractivity contribution in [2.45, 2.75) is 9.92 Å². The predicted octanol–water partition coefficient (Wildman–Crippen LogP) is 2.77. The second kappa shape index (κ2) is 5.68. The topological polar surface area (TPSA) is 117 Å². The van der Waals surface area contributed by atoms with Gasteiger partial charge in [-0.25, -0.2) is 9.78 Å². The number of pyridine rings is 1. The van der Waals surface area contributed by atoms with Crippen molar-refractivity contribution in [2.75, 3.05) is 0 Å². The minimum Gasteiger partial charge on any atom is -0.477 e. The van der Waals surface area contributed by atoms with Crippen molar-refractivity contribution in [3.8, 4) is 6.07 Å². The normalized spacial score (nSPS) is 9.95. The van der Waals surface area contributed by atoms with Crippen LogP contribution in [-0.2, 0) is 0 Å². The van der Waals surface area contributed by atoms with E-state index in [1.54, 1.807) is 11.4 Å². The first-order chi connectivity index (χ1) is 9.51. The van der Waals surface area contributed by atoms with Gasteiger partial charge in [-0.15, -0.1) is 11.3 Å². The number of nitriles is 1. The first-order valence-corrected chi connectivity index (χ1v) is 6.75. The number of aromatic nitrogens is 1. The van der Waals surface area contributed by atoms with Crippen LogP contribution in [0.1, 0.15) is 15.2 Å². The number of hydrogen-bond donors (Lipinski definition) is 1. The Morgan fingerprint density at radius 1 is 1.55 bits per heavy atom. The maximum absolute atomic E-state index is 10.9. The summed E-state index contributed by atoms with van der Waals surface area (Å²) in [6.07, 6.45) is 1.24.